The molecule has 5 nitrogen and oxygen atoms in total. The van der Waals surface area contributed by atoms with Crippen LogP contribution < -0.4 is 5.73 Å². The number of benzene rings is 1. The maximum atomic E-state index is 11.0. The molecular formula is C17H16N4OS2. The minimum absolute atomic E-state index is 0.379. The van der Waals surface area contributed by atoms with Crippen molar-refractivity contribution >= 4 is 46.2 Å². The van der Waals surface area contributed by atoms with Gasteiger partial charge in [-0.25, -0.2) is 4.68 Å². The molecule has 0 aliphatic heterocycles. The van der Waals surface area contributed by atoms with Crippen molar-refractivity contribution in [3.8, 4) is 11.3 Å². The molecule has 0 aliphatic carbocycles. The van der Waals surface area contributed by atoms with Crippen LogP contribution in [0.1, 0.15) is 6.92 Å². The Hall–Kier alpha value is -2.25. The molecule has 0 saturated carbocycles. The minimum atomic E-state index is -0.561. The number of primary amides is 1. The molecule has 122 valence electrons. The van der Waals surface area contributed by atoms with Gasteiger partial charge in [-0.1, -0.05) is 13.0 Å². The molecule has 3 aromatic rings. The zero-order chi connectivity index (χ0) is 17.1. The first kappa shape index (κ1) is 16.6. The summed E-state index contributed by atoms with van der Waals surface area (Å²) in [5, 5.41) is 5.58. The zero-order valence-electron chi connectivity index (χ0n) is 13.0. The van der Waals surface area contributed by atoms with Crippen LogP contribution in [0.5, 0.6) is 0 Å². The van der Waals surface area contributed by atoms with E-state index in [4.69, 9.17) is 5.73 Å². The lowest BCUT2D eigenvalue weighted by Crippen LogP contribution is -2.08. The van der Waals surface area contributed by atoms with Gasteiger partial charge in [-0.2, -0.15) is 5.10 Å². The summed E-state index contributed by atoms with van der Waals surface area (Å²) in [6, 6.07) is 10.0. The third-order valence-electron chi connectivity index (χ3n) is 3.40. The van der Waals surface area contributed by atoms with E-state index in [0.717, 1.165) is 32.8 Å². The molecule has 24 heavy (non-hydrogen) atoms. The fraction of sp³-hybridized carbons (Fsp3) is 0.118. The number of hydrogen-bond acceptors (Lipinski definition) is 5. The van der Waals surface area contributed by atoms with Crippen molar-refractivity contribution < 1.29 is 4.79 Å². The molecule has 1 aromatic carbocycles. The Balaban J connectivity index is 1.96. The van der Waals surface area contributed by atoms with Crippen LogP contribution in [0.4, 0.5) is 0 Å². The first-order valence-corrected chi connectivity index (χ1v) is 8.79. The van der Waals surface area contributed by atoms with Crippen molar-refractivity contribution in [2.45, 2.75) is 11.8 Å². The largest absolute Gasteiger partial charge is 0.366 e. The van der Waals surface area contributed by atoms with Crippen molar-refractivity contribution in [1.29, 1.82) is 0 Å². The number of hydrogen-bond donors (Lipinski definition) is 2. The van der Waals surface area contributed by atoms with E-state index in [0.29, 0.717) is 5.03 Å². The number of thioether (sulfide) groups is 1. The van der Waals surface area contributed by atoms with Crippen molar-refractivity contribution in [2.75, 3.05) is 5.75 Å². The number of fused-ring (bicyclic) bond motifs is 1. The molecule has 0 radical (unpaired) electrons. The van der Waals surface area contributed by atoms with Gasteiger partial charge in [0.15, 0.2) is 0 Å². The van der Waals surface area contributed by atoms with Gasteiger partial charge in [0, 0.05) is 28.1 Å². The molecule has 0 unspecified atom stereocenters. The number of nitrogens with two attached hydrogens (primary N) is 1. The molecule has 2 heterocycles. The van der Waals surface area contributed by atoms with Crippen LogP contribution in [-0.2, 0) is 4.79 Å². The standard InChI is InChI=1S/C17H16N4OS2/c1-2-24-13-4-5-14(19-10-13)11-3-6-15-12(7-11)9-20-21(15)17(23)8-16(18)22/h3-10,23H,2H2,1H3,(H2,18,22)/b17-8-. The highest BCUT2D eigenvalue weighted by Gasteiger charge is 2.08. The van der Waals surface area contributed by atoms with Gasteiger partial charge in [0.05, 0.1) is 17.4 Å². The van der Waals surface area contributed by atoms with Crippen LogP contribution in [0.3, 0.4) is 0 Å². The van der Waals surface area contributed by atoms with E-state index in [-0.39, 0.29) is 0 Å². The summed E-state index contributed by atoms with van der Waals surface area (Å²) in [7, 11) is 0. The molecule has 1 amide bonds. The van der Waals surface area contributed by atoms with E-state index >= 15 is 0 Å². The summed E-state index contributed by atoms with van der Waals surface area (Å²) in [6.07, 6.45) is 4.85. The first-order chi connectivity index (χ1) is 11.6. The maximum absolute atomic E-state index is 11.0. The van der Waals surface area contributed by atoms with Gasteiger partial charge in [0.2, 0.25) is 5.91 Å². The predicted molar refractivity (Wildman–Crippen MR) is 102 cm³/mol. The molecule has 0 saturated heterocycles. The van der Waals surface area contributed by atoms with Crippen molar-refractivity contribution in [3.63, 3.8) is 0 Å². The summed E-state index contributed by atoms with van der Waals surface area (Å²) in [5.41, 5.74) is 7.92. The lowest BCUT2D eigenvalue weighted by molar-refractivity contribution is -0.113. The van der Waals surface area contributed by atoms with E-state index in [2.05, 4.69) is 35.7 Å². The average molecular weight is 356 g/mol. The highest BCUT2D eigenvalue weighted by atomic mass is 32.2. The normalized spacial score (nSPS) is 11.8. The van der Waals surface area contributed by atoms with E-state index in [1.807, 2.05) is 30.5 Å². The predicted octanol–water partition coefficient (Wildman–Crippen LogP) is 3.42. The van der Waals surface area contributed by atoms with Crippen LogP contribution >= 0.6 is 24.4 Å². The quantitative estimate of drug-likeness (QED) is 0.417. The molecule has 0 bridgehead atoms. The number of thiol groups is 1. The summed E-state index contributed by atoms with van der Waals surface area (Å²) >= 11 is 6.04. The Morgan fingerprint density at radius 2 is 2.17 bits per heavy atom. The number of amides is 1. The molecule has 2 N–H and O–H groups in total. The highest BCUT2D eigenvalue weighted by Crippen LogP contribution is 2.26. The van der Waals surface area contributed by atoms with Gasteiger partial charge in [0.25, 0.3) is 0 Å². The third kappa shape index (κ3) is 3.47. The topological polar surface area (TPSA) is 73.8 Å². The number of pyridine rings is 1. The van der Waals surface area contributed by atoms with E-state index in [1.54, 1.807) is 22.6 Å². The van der Waals surface area contributed by atoms with Crippen LogP contribution in [0.2, 0.25) is 0 Å². The van der Waals surface area contributed by atoms with Crippen molar-refractivity contribution in [2.24, 2.45) is 5.73 Å². The molecule has 3 rings (SSSR count). The smallest absolute Gasteiger partial charge is 0.244 e. The highest BCUT2D eigenvalue weighted by molar-refractivity contribution is 7.99. The molecule has 2 aromatic heterocycles. The fourth-order valence-electron chi connectivity index (χ4n) is 2.37. The monoisotopic (exact) mass is 356 g/mol. The average Bonchev–Trinajstić information content (AvgIpc) is 2.98. The van der Waals surface area contributed by atoms with Crippen LogP contribution in [0.15, 0.2) is 53.7 Å². The van der Waals surface area contributed by atoms with Crippen molar-refractivity contribution in [1.82, 2.24) is 14.8 Å². The second kappa shape index (κ2) is 7.11. The van der Waals surface area contributed by atoms with Gasteiger partial charge in [0.1, 0.15) is 5.03 Å². The van der Waals surface area contributed by atoms with Crippen LogP contribution in [-0.4, -0.2) is 26.4 Å². The van der Waals surface area contributed by atoms with Gasteiger partial charge < -0.3 is 5.73 Å². The molecule has 0 fully saturated rings. The fourth-order valence-corrected chi connectivity index (χ4v) is 3.28. The lowest BCUT2D eigenvalue weighted by atomic mass is 10.1. The van der Waals surface area contributed by atoms with E-state index in [1.165, 1.54) is 6.08 Å². The van der Waals surface area contributed by atoms with Gasteiger partial charge in [-0.3, -0.25) is 9.78 Å². The Bertz CT molecular complexity index is 916. The molecule has 0 spiro atoms. The molecule has 0 aliphatic rings. The van der Waals surface area contributed by atoms with Crippen LogP contribution in [0.25, 0.3) is 27.2 Å². The van der Waals surface area contributed by atoms with Gasteiger partial charge in [-0.05, 0) is 30.0 Å². The van der Waals surface area contributed by atoms with Gasteiger partial charge in [-0.15, -0.1) is 24.4 Å². The summed E-state index contributed by atoms with van der Waals surface area (Å²) in [4.78, 5) is 16.7. The summed E-state index contributed by atoms with van der Waals surface area (Å²) < 4.78 is 1.57. The van der Waals surface area contributed by atoms with E-state index < -0.39 is 5.91 Å². The number of rotatable bonds is 5. The third-order valence-corrected chi connectivity index (χ3v) is 4.58. The Morgan fingerprint density at radius 3 is 2.83 bits per heavy atom. The Labute approximate surface area is 149 Å². The van der Waals surface area contributed by atoms with Gasteiger partial charge >= 0.3 is 0 Å². The van der Waals surface area contributed by atoms with Crippen LogP contribution in [0, 0.1) is 0 Å². The Kier molecular flexibility index (Phi) is 4.92. The second-order valence-corrected chi connectivity index (χ2v) is 6.84. The molecular weight excluding hydrogens is 340 g/mol. The molecule has 7 heteroatoms. The maximum Gasteiger partial charge on any atom is 0.244 e. The summed E-state index contributed by atoms with van der Waals surface area (Å²) in [5.74, 6) is 0.464. The summed E-state index contributed by atoms with van der Waals surface area (Å²) in [6.45, 7) is 2.12. The zero-order valence-corrected chi connectivity index (χ0v) is 14.7. The Morgan fingerprint density at radius 1 is 1.33 bits per heavy atom. The van der Waals surface area contributed by atoms with E-state index in [9.17, 15) is 4.79 Å². The molecule has 0 atom stereocenters. The SMILES string of the molecule is CCSc1ccc(-c2ccc3c(cnn3/C(S)=C/C(N)=O)c2)nc1. The number of aromatic nitrogens is 3. The number of carbonyl (C=O) groups excluding carboxylic acids is 1. The lowest BCUT2D eigenvalue weighted by Gasteiger charge is -2.05. The number of nitrogens with zero attached hydrogens (tertiary/aromatic N) is 3. The number of carbonyl (C=O) groups is 1. The van der Waals surface area contributed by atoms with Crippen molar-refractivity contribution in [3.05, 3.63) is 48.8 Å². The second-order valence-electron chi connectivity index (χ2n) is 5.05. The first-order valence-electron chi connectivity index (χ1n) is 7.36. The minimum Gasteiger partial charge on any atom is -0.366 e.